The molecule has 0 radical (unpaired) electrons. The summed E-state index contributed by atoms with van der Waals surface area (Å²) in [6.07, 6.45) is 57.9. The molecule has 0 aromatic heterocycles. The Balaban J connectivity index is 2.66. The minimum absolute atomic E-state index is 0.115. The van der Waals surface area contributed by atoms with Crippen LogP contribution >= 0.6 is 0 Å². The van der Waals surface area contributed by atoms with E-state index in [1.807, 2.05) is 6.08 Å². The lowest BCUT2D eigenvalue weighted by molar-refractivity contribution is -0.305. The molecule has 0 aromatic carbocycles. The standard InChI is InChI=1S/C66H117NO10/c1-4-7-10-13-16-19-22-24-26-28-30-32-34-36-39-42-45-48-51-54-61(71)77-64-63(73)62(72)60(55-68)76-66(64)75-56-57(58(69)52-49-46-43-40-37-21-18-15-12-9-6-3)67-65(74)59(70)53-50-47-44-41-38-35-33-31-29-27-25-23-20-17-14-11-8-5-2/h16-17,19-20,24-27,31,33,49,52,57-60,62-64,66,68-70,72-73H,4-15,18,21-23,28-30,32,34-48,50-51,53-56H2,1-3H3,(H,67,74)/b19-16-,20-17-,26-24-,27-25-,33-31-,52-49+. The van der Waals surface area contributed by atoms with Crippen molar-refractivity contribution in [2.75, 3.05) is 13.2 Å². The van der Waals surface area contributed by atoms with Crippen LogP contribution < -0.4 is 5.32 Å². The molecule has 1 heterocycles. The Morgan fingerprint density at radius 1 is 0.506 bits per heavy atom. The Bertz CT molecular complexity index is 1530. The molecule has 1 amide bonds. The second-order valence-corrected chi connectivity index (χ2v) is 21.8. The van der Waals surface area contributed by atoms with Gasteiger partial charge in [-0.15, -0.1) is 0 Å². The van der Waals surface area contributed by atoms with Crippen molar-refractivity contribution in [2.24, 2.45) is 0 Å². The summed E-state index contributed by atoms with van der Waals surface area (Å²) in [5.74, 6) is -1.21. The van der Waals surface area contributed by atoms with E-state index in [1.165, 1.54) is 122 Å². The third-order valence-electron chi connectivity index (χ3n) is 14.6. The van der Waals surface area contributed by atoms with Gasteiger partial charge in [0.1, 0.15) is 24.4 Å². The van der Waals surface area contributed by atoms with Crippen LogP contribution in [-0.2, 0) is 23.8 Å². The quantitative estimate of drug-likeness (QED) is 0.0195. The average molecular weight is 1080 g/mol. The first-order chi connectivity index (χ1) is 37.7. The number of rotatable bonds is 53. The molecule has 11 heteroatoms. The summed E-state index contributed by atoms with van der Waals surface area (Å²) in [5, 5.41) is 57.0. The predicted molar refractivity (Wildman–Crippen MR) is 319 cm³/mol. The molecule has 8 unspecified atom stereocenters. The smallest absolute Gasteiger partial charge is 0.306 e. The summed E-state index contributed by atoms with van der Waals surface area (Å²) in [6.45, 7) is 5.72. The molecule has 0 spiro atoms. The van der Waals surface area contributed by atoms with E-state index in [2.05, 4.69) is 86.8 Å². The Hall–Kier alpha value is -2.90. The zero-order chi connectivity index (χ0) is 56.1. The number of allylic oxidation sites excluding steroid dienone is 11. The number of carbonyl (C=O) groups is 2. The summed E-state index contributed by atoms with van der Waals surface area (Å²) < 4.78 is 17.6. The third kappa shape index (κ3) is 41.7. The van der Waals surface area contributed by atoms with E-state index >= 15 is 0 Å². The van der Waals surface area contributed by atoms with Crippen molar-refractivity contribution >= 4 is 11.9 Å². The van der Waals surface area contributed by atoms with Gasteiger partial charge in [-0.05, 0) is 96.3 Å². The van der Waals surface area contributed by atoms with Gasteiger partial charge in [-0.25, -0.2) is 0 Å². The topological polar surface area (TPSA) is 175 Å². The number of nitrogens with one attached hydrogen (secondary N) is 1. The van der Waals surface area contributed by atoms with Gasteiger partial charge in [0.15, 0.2) is 12.4 Å². The second kappa shape index (κ2) is 53.7. The minimum Gasteiger partial charge on any atom is -0.454 e. The molecule has 1 fully saturated rings. The van der Waals surface area contributed by atoms with Gasteiger partial charge < -0.3 is 45.1 Å². The van der Waals surface area contributed by atoms with Crippen molar-refractivity contribution in [2.45, 2.75) is 320 Å². The van der Waals surface area contributed by atoms with E-state index in [0.717, 1.165) is 103 Å². The summed E-state index contributed by atoms with van der Waals surface area (Å²) in [7, 11) is 0. The first-order valence-electron chi connectivity index (χ1n) is 31.7. The highest BCUT2D eigenvalue weighted by molar-refractivity contribution is 5.80. The molecule has 0 saturated carbocycles. The third-order valence-corrected chi connectivity index (χ3v) is 14.6. The van der Waals surface area contributed by atoms with Crippen molar-refractivity contribution < 1.29 is 49.3 Å². The lowest BCUT2D eigenvalue weighted by Crippen LogP contribution is -2.61. The lowest BCUT2D eigenvalue weighted by Gasteiger charge is -2.41. The molecule has 1 rings (SSSR count). The number of hydrogen-bond donors (Lipinski definition) is 6. The number of esters is 1. The van der Waals surface area contributed by atoms with Gasteiger partial charge in [0.25, 0.3) is 0 Å². The fourth-order valence-corrected chi connectivity index (χ4v) is 9.51. The van der Waals surface area contributed by atoms with Crippen molar-refractivity contribution in [1.82, 2.24) is 5.32 Å². The van der Waals surface area contributed by atoms with Gasteiger partial charge in [0.2, 0.25) is 5.91 Å². The fraction of sp³-hybridized carbons (Fsp3) is 0.788. The number of amides is 1. The fourth-order valence-electron chi connectivity index (χ4n) is 9.51. The Morgan fingerprint density at radius 2 is 0.896 bits per heavy atom. The van der Waals surface area contributed by atoms with Crippen molar-refractivity contribution in [3.05, 3.63) is 72.9 Å². The number of hydrogen-bond acceptors (Lipinski definition) is 10. The maximum absolute atomic E-state index is 13.4. The molecular formula is C66H117NO10. The van der Waals surface area contributed by atoms with E-state index in [0.29, 0.717) is 12.8 Å². The van der Waals surface area contributed by atoms with Crippen LogP contribution in [0.1, 0.15) is 271 Å². The summed E-state index contributed by atoms with van der Waals surface area (Å²) in [6, 6.07) is -1.03. The number of aliphatic hydroxyl groups is 5. The van der Waals surface area contributed by atoms with Gasteiger partial charge >= 0.3 is 5.97 Å². The summed E-state index contributed by atoms with van der Waals surface area (Å²) in [5.41, 5.74) is 0. The van der Waals surface area contributed by atoms with Crippen molar-refractivity contribution in [3.8, 4) is 0 Å². The van der Waals surface area contributed by atoms with Gasteiger partial charge in [-0.3, -0.25) is 9.59 Å². The van der Waals surface area contributed by atoms with Crippen molar-refractivity contribution in [1.29, 1.82) is 0 Å². The first kappa shape index (κ1) is 72.1. The zero-order valence-electron chi connectivity index (χ0n) is 49.3. The van der Waals surface area contributed by atoms with E-state index < -0.39 is 67.4 Å². The van der Waals surface area contributed by atoms with Crippen LogP contribution in [0.15, 0.2) is 72.9 Å². The minimum atomic E-state index is -1.62. The Kier molecular flexibility index (Phi) is 50.3. The zero-order valence-corrected chi connectivity index (χ0v) is 49.3. The van der Waals surface area contributed by atoms with Crippen LogP contribution in [0, 0.1) is 0 Å². The van der Waals surface area contributed by atoms with E-state index in [-0.39, 0.29) is 19.4 Å². The molecule has 0 bridgehead atoms. The highest BCUT2D eigenvalue weighted by Crippen LogP contribution is 2.26. The van der Waals surface area contributed by atoms with Gasteiger partial charge in [-0.1, -0.05) is 241 Å². The largest absolute Gasteiger partial charge is 0.454 e. The van der Waals surface area contributed by atoms with Gasteiger partial charge in [0, 0.05) is 6.42 Å². The summed E-state index contributed by atoms with van der Waals surface area (Å²) >= 11 is 0. The molecule has 1 aliphatic rings. The van der Waals surface area contributed by atoms with Crippen LogP contribution in [0.5, 0.6) is 0 Å². The molecule has 11 nitrogen and oxygen atoms in total. The molecule has 77 heavy (non-hydrogen) atoms. The second-order valence-electron chi connectivity index (χ2n) is 21.8. The van der Waals surface area contributed by atoms with Gasteiger partial charge in [-0.2, -0.15) is 0 Å². The Morgan fingerprint density at radius 3 is 1.36 bits per heavy atom. The van der Waals surface area contributed by atoms with Crippen LogP contribution in [0.3, 0.4) is 0 Å². The maximum Gasteiger partial charge on any atom is 0.306 e. The van der Waals surface area contributed by atoms with E-state index in [1.54, 1.807) is 6.08 Å². The first-order valence-corrected chi connectivity index (χ1v) is 31.7. The molecule has 1 saturated heterocycles. The van der Waals surface area contributed by atoms with Crippen LogP contribution in [0.4, 0.5) is 0 Å². The average Bonchev–Trinajstić information content (AvgIpc) is 3.43. The molecule has 0 aliphatic carbocycles. The molecular weight excluding hydrogens is 967 g/mol. The van der Waals surface area contributed by atoms with Gasteiger partial charge in [0.05, 0.1) is 25.4 Å². The highest BCUT2D eigenvalue weighted by Gasteiger charge is 2.47. The SMILES string of the molecule is CCCCC/C=C\C/C=C\C/C=C\CCCCCCCC(O)C(=O)NC(COC1OC(CO)C(O)C(O)C1OC(=O)CCCCCCCCCCC/C=C\C/C=C\CCCCC)C(O)/C=C/CCCCCCCCCCC. The Labute approximate surface area is 471 Å². The normalized spacial score (nSPS) is 19.5. The number of ether oxygens (including phenoxy) is 3. The highest BCUT2D eigenvalue weighted by atomic mass is 16.7. The van der Waals surface area contributed by atoms with Crippen molar-refractivity contribution in [3.63, 3.8) is 0 Å². The predicted octanol–water partition coefficient (Wildman–Crippen LogP) is 15.2. The molecule has 8 atom stereocenters. The number of unbranched alkanes of at least 4 members (excludes halogenated alkanes) is 29. The van der Waals surface area contributed by atoms with E-state index in [4.69, 9.17) is 14.2 Å². The lowest BCUT2D eigenvalue weighted by atomic mass is 9.99. The molecule has 0 aromatic rings. The molecule has 6 N–H and O–H groups in total. The molecule has 1 aliphatic heterocycles. The summed E-state index contributed by atoms with van der Waals surface area (Å²) in [4.78, 5) is 26.6. The van der Waals surface area contributed by atoms with Crippen LogP contribution in [0.2, 0.25) is 0 Å². The van der Waals surface area contributed by atoms with E-state index in [9.17, 15) is 35.1 Å². The van der Waals surface area contributed by atoms with Crippen LogP contribution in [-0.4, -0.2) is 99.6 Å². The molecule has 446 valence electrons. The number of aliphatic hydroxyl groups excluding tert-OH is 5. The monoisotopic (exact) mass is 1080 g/mol. The number of carbonyl (C=O) groups excluding carboxylic acids is 2. The van der Waals surface area contributed by atoms with Crippen LogP contribution in [0.25, 0.3) is 0 Å². The maximum atomic E-state index is 13.4.